The fourth-order valence-electron chi connectivity index (χ4n) is 2.83. The van der Waals surface area contributed by atoms with E-state index >= 15 is 0 Å². The molecule has 0 radical (unpaired) electrons. The van der Waals surface area contributed by atoms with E-state index < -0.39 is 0 Å². The van der Waals surface area contributed by atoms with Gasteiger partial charge in [-0.05, 0) is 38.8 Å². The Morgan fingerprint density at radius 2 is 1.96 bits per heavy atom. The normalized spacial score (nSPS) is 21.9. The predicted octanol–water partition coefficient (Wildman–Crippen LogP) is 1.49. The molecule has 0 aliphatic carbocycles. The predicted molar refractivity (Wildman–Crippen MR) is 90.5 cm³/mol. The molecule has 2 N–H and O–H groups in total. The van der Waals surface area contributed by atoms with Crippen LogP contribution >= 0.6 is 11.3 Å². The minimum absolute atomic E-state index is 0.114. The van der Waals surface area contributed by atoms with Gasteiger partial charge in [0.15, 0.2) is 0 Å². The number of hydrogen-bond donors (Lipinski definition) is 2. The zero-order valence-electron chi connectivity index (χ0n) is 14.1. The number of thiophene rings is 1. The van der Waals surface area contributed by atoms with Gasteiger partial charge in [0.05, 0.1) is 23.6 Å². The molecule has 0 spiro atoms. The number of amides is 2. The van der Waals surface area contributed by atoms with Crippen LogP contribution in [0.25, 0.3) is 0 Å². The molecule has 1 aromatic rings. The topological polar surface area (TPSA) is 70.7 Å². The van der Waals surface area contributed by atoms with Crippen molar-refractivity contribution in [1.29, 1.82) is 0 Å². The molecule has 1 fully saturated rings. The highest BCUT2D eigenvalue weighted by Crippen LogP contribution is 2.21. The summed E-state index contributed by atoms with van der Waals surface area (Å²) in [4.78, 5) is 27.9. The van der Waals surface area contributed by atoms with Gasteiger partial charge in [-0.25, -0.2) is 0 Å². The van der Waals surface area contributed by atoms with Crippen molar-refractivity contribution >= 4 is 23.2 Å². The van der Waals surface area contributed by atoms with E-state index in [1.54, 1.807) is 0 Å². The van der Waals surface area contributed by atoms with Gasteiger partial charge in [0.1, 0.15) is 0 Å². The number of morpholine rings is 1. The summed E-state index contributed by atoms with van der Waals surface area (Å²) in [6.45, 7) is 9.73. The molecule has 1 aliphatic rings. The van der Waals surface area contributed by atoms with Gasteiger partial charge in [0, 0.05) is 18.0 Å². The maximum atomic E-state index is 12.1. The summed E-state index contributed by atoms with van der Waals surface area (Å²) in [5.41, 5.74) is 6.10. The van der Waals surface area contributed by atoms with Crippen LogP contribution in [0.4, 0.5) is 0 Å². The van der Waals surface area contributed by atoms with Crippen LogP contribution in [0.15, 0.2) is 6.07 Å². The minimum atomic E-state index is -0.269. The van der Waals surface area contributed by atoms with Crippen LogP contribution in [0.1, 0.15) is 40.9 Å². The van der Waals surface area contributed by atoms with Crippen LogP contribution in [-0.2, 0) is 16.0 Å². The SMILES string of the molecule is CCc1sc(C(=O)NNC(=O)CN2C[C@@H](C)O[C@H](C)C2)cc1C. The summed E-state index contributed by atoms with van der Waals surface area (Å²) in [5, 5.41) is 0. The Morgan fingerprint density at radius 1 is 1.30 bits per heavy atom. The van der Waals surface area contributed by atoms with E-state index in [1.807, 2.05) is 31.7 Å². The van der Waals surface area contributed by atoms with E-state index in [9.17, 15) is 9.59 Å². The van der Waals surface area contributed by atoms with Gasteiger partial charge in [-0.3, -0.25) is 25.3 Å². The van der Waals surface area contributed by atoms with Gasteiger partial charge in [0.2, 0.25) is 0 Å². The van der Waals surface area contributed by atoms with Gasteiger partial charge in [-0.1, -0.05) is 6.92 Å². The molecule has 2 heterocycles. The lowest BCUT2D eigenvalue weighted by atomic mass is 10.2. The fraction of sp³-hybridized carbons (Fsp3) is 0.625. The van der Waals surface area contributed by atoms with Gasteiger partial charge >= 0.3 is 0 Å². The second-order valence-electron chi connectivity index (χ2n) is 6.02. The van der Waals surface area contributed by atoms with Crippen molar-refractivity contribution in [2.75, 3.05) is 19.6 Å². The lowest BCUT2D eigenvalue weighted by molar-refractivity contribution is -0.126. The smallest absolute Gasteiger partial charge is 0.279 e. The highest BCUT2D eigenvalue weighted by molar-refractivity contribution is 7.14. The number of nitrogens with one attached hydrogen (secondary N) is 2. The molecule has 0 saturated carbocycles. The average molecular weight is 339 g/mol. The zero-order chi connectivity index (χ0) is 17.0. The Hall–Kier alpha value is -1.44. The summed E-state index contributed by atoms with van der Waals surface area (Å²) in [5.74, 6) is -0.487. The van der Waals surface area contributed by atoms with Gasteiger partial charge in [-0.2, -0.15) is 0 Å². The van der Waals surface area contributed by atoms with Crippen molar-refractivity contribution in [2.24, 2.45) is 0 Å². The maximum Gasteiger partial charge on any atom is 0.279 e. The summed E-state index contributed by atoms with van der Waals surface area (Å²) in [6, 6.07) is 1.86. The van der Waals surface area contributed by atoms with Crippen LogP contribution in [0.2, 0.25) is 0 Å². The number of ether oxygens (including phenoxy) is 1. The molecule has 23 heavy (non-hydrogen) atoms. The second kappa shape index (κ2) is 7.90. The molecule has 7 heteroatoms. The van der Waals surface area contributed by atoms with E-state index in [1.165, 1.54) is 16.2 Å². The van der Waals surface area contributed by atoms with E-state index in [2.05, 4.69) is 17.8 Å². The first-order chi connectivity index (χ1) is 10.9. The Kier molecular flexibility index (Phi) is 6.15. The number of aryl methyl sites for hydroxylation is 2. The quantitative estimate of drug-likeness (QED) is 0.816. The van der Waals surface area contributed by atoms with Crippen LogP contribution in [0.3, 0.4) is 0 Å². The highest BCUT2D eigenvalue weighted by atomic mass is 32.1. The van der Waals surface area contributed by atoms with Crippen LogP contribution in [0, 0.1) is 6.92 Å². The highest BCUT2D eigenvalue weighted by Gasteiger charge is 2.23. The summed E-state index contributed by atoms with van der Waals surface area (Å²) >= 11 is 1.47. The van der Waals surface area contributed by atoms with Crippen LogP contribution < -0.4 is 10.9 Å². The molecule has 1 saturated heterocycles. The fourth-order valence-corrected chi connectivity index (χ4v) is 3.84. The Morgan fingerprint density at radius 3 is 2.52 bits per heavy atom. The monoisotopic (exact) mass is 339 g/mol. The molecular formula is C16H25N3O3S. The van der Waals surface area contributed by atoms with E-state index in [4.69, 9.17) is 4.74 Å². The van der Waals surface area contributed by atoms with Crippen molar-refractivity contribution in [1.82, 2.24) is 15.8 Å². The zero-order valence-corrected chi connectivity index (χ0v) is 15.0. The molecule has 6 nitrogen and oxygen atoms in total. The summed E-state index contributed by atoms with van der Waals surface area (Å²) < 4.78 is 5.64. The van der Waals surface area contributed by atoms with Crippen LogP contribution in [-0.4, -0.2) is 48.6 Å². The van der Waals surface area contributed by atoms with Crippen molar-refractivity contribution in [3.05, 3.63) is 21.4 Å². The molecule has 0 aromatic carbocycles. The molecule has 0 unspecified atom stereocenters. The molecule has 2 rings (SSSR count). The van der Waals surface area contributed by atoms with Crippen molar-refractivity contribution in [3.63, 3.8) is 0 Å². The number of hydrogen-bond acceptors (Lipinski definition) is 5. The lowest BCUT2D eigenvalue weighted by Crippen LogP contribution is -2.51. The Balaban J connectivity index is 1.80. The second-order valence-corrected chi connectivity index (χ2v) is 7.16. The summed E-state index contributed by atoms with van der Waals surface area (Å²) in [7, 11) is 0. The number of carbonyl (C=O) groups excluding carboxylic acids is 2. The van der Waals surface area contributed by atoms with E-state index in [0.29, 0.717) is 4.88 Å². The molecule has 128 valence electrons. The number of carbonyl (C=O) groups is 2. The Labute approximate surface area is 141 Å². The molecule has 1 aromatic heterocycles. The Bertz CT molecular complexity index is 563. The first-order valence-electron chi connectivity index (χ1n) is 7.95. The van der Waals surface area contributed by atoms with E-state index in [-0.39, 0.29) is 30.6 Å². The van der Waals surface area contributed by atoms with Gasteiger partial charge in [0.25, 0.3) is 11.8 Å². The molecule has 0 bridgehead atoms. The minimum Gasteiger partial charge on any atom is -0.373 e. The lowest BCUT2D eigenvalue weighted by Gasteiger charge is -2.34. The van der Waals surface area contributed by atoms with Gasteiger partial charge < -0.3 is 4.74 Å². The summed E-state index contributed by atoms with van der Waals surface area (Å²) in [6.07, 6.45) is 1.13. The van der Waals surface area contributed by atoms with Crippen molar-refractivity contribution < 1.29 is 14.3 Å². The average Bonchev–Trinajstić information content (AvgIpc) is 2.85. The van der Waals surface area contributed by atoms with Crippen molar-refractivity contribution in [2.45, 2.75) is 46.3 Å². The molecular weight excluding hydrogens is 314 g/mol. The third kappa shape index (κ3) is 5.02. The largest absolute Gasteiger partial charge is 0.373 e. The van der Waals surface area contributed by atoms with Crippen LogP contribution in [0.5, 0.6) is 0 Å². The number of hydrazine groups is 1. The number of rotatable bonds is 4. The molecule has 2 atom stereocenters. The van der Waals surface area contributed by atoms with E-state index in [0.717, 1.165) is 25.1 Å². The molecule has 1 aliphatic heterocycles. The van der Waals surface area contributed by atoms with Crippen molar-refractivity contribution in [3.8, 4) is 0 Å². The third-order valence-corrected chi connectivity index (χ3v) is 5.12. The standard InChI is InChI=1S/C16H25N3O3S/c1-5-13-10(2)6-14(23-13)16(21)18-17-15(20)9-19-7-11(3)22-12(4)8-19/h6,11-12H,5,7-9H2,1-4H3,(H,17,20)(H,18,21)/t11-,12-/m1/s1. The number of nitrogens with zero attached hydrogens (tertiary/aromatic N) is 1. The van der Waals surface area contributed by atoms with Gasteiger partial charge in [-0.15, -0.1) is 11.3 Å². The maximum absolute atomic E-state index is 12.1. The molecule has 2 amide bonds. The first-order valence-corrected chi connectivity index (χ1v) is 8.77. The third-order valence-electron chi connectivity index (χ3n) is 3.74. The first kappa shape index (κ1) is 17.9.